The molecule has 3 aromatic rings. The van der Waals surface area contributed by atoms with Crippen LogP contribution in [-0.4, -0.2) is 26.2 Å². The van der Waals surface area contributed by atoms with Gasteiger partial charge in [-0.05, 0) is 75.0 Å². The van der Waals surface area contributed by atoms with Crippen LogP contribution in [0.3, 0.4) is 0 Å². The fourth-order valence-electron chi connectivity index (χ4n) is 4.36. The van der Waals surface area contributed by atoms with Gasteiger partial charge in [-0.25, -0.2) is 0 Å². The molecular formula is C24H27F3N4. The smallest absolute Gasteiger partial charge is 0.290 e. The summed E-state index contributed by atoms with van der Waals surface area (Å²) in [4.78, 5) is 7.26. The molecule has 1 fully saturated rings. The Balaban J connectivity index is 1.53. The summed E-state index contributed by atoms with van der Waals surface area (Å²) in [5, 5.41) is 4.36. The molecule has 1 aliphatic rings. The van der Waals surface area contributed by atoms with Crippen LogP contribution in [-0.2, 0) is 26.2 Å². The molecule has 4 nitrogen and oxygen atoms in total. The van der Waals surface area contributed by atoms with Gasteiger partial charge in [-0.2, -0.15) is 18.3 Å². The molecule has 0 amide bonds. The second-order valence-corrected chi connectivity index (χ2v) is 8.42. The summed E-state index contributed by atoms with van der Waals surface area (Å²) in [5.41, 5.74) is 5.70. The van der Waals surface area contributed by atoms with Gasteiger partial charge in [0.1, 0.15) is 0 Å². The van der Waals surface area contributed by atoms with E-state index in [0.29, 0.717) is 6.42 Å². The summed E-state index contributed by atoms with van der Waals surface area (Å²) < 4.78 is 40.4. The van der Waals surface area contributed by atoms with Crippen molar-refractivity contribution in [3.8, 4) is 0 Å². The van der Waals surface area contributed by atoms with Gasteiger partial charge in [0.15, 0.2) is 0 Å². The Labute approximate surface area is 180 Å². The van der Waals surface area contributed by atoms with Crippen molar-refractivity contribution in [1.29, 1.82) is 0 Å². The lowest BCUT2D eigenvalue weighted by molar-refractivity contribution is -0.137. The topological polar surface area (TPSA) is 34.0 Å². The van der Waals surface area contributed by atoms with Crippen molar-refractivity contribution in [2.75, 3.05) is 6.54 Å². The highest BCUT2D eigenvalue weighted by Gasteiger charge is 2.30. The standard InChI is InChI=1S/C24H27F3N4/c1-16-11-19(12-18-6-8-21(9-7-18)24(25,26)27)13-22(29-16)23-5-4-10-31(23)15-20-14-28-30(3)17(20)2/h6-9,11,13-14,23H,4-5,10,12,15H2,1-3H3/t23-/m1/s1. The third-order valence-electron chi connectivity index (χ3n) is 6.14. The van der Waals surface area contributed by atoms with E-state index >= 15 is 0 Å². The van der Waals surface area contributed by atoms with Crippen LogP contribution in [0.15, 0.2) is 42.6 Å². The number of nitrogens with zero attached hydrogens (tertiary/aromatic N) is 4. The molecule has 7 heteroatoms. The van der Waals surface area contributed by atoms with Gasteiger partial charge in [0.25, 0.3) is 0 Å². The molecule has 0 spiro atoms. The third kappa shape index (κ3) is 4.82. The SMILES string of the molecule is Cc1cc(Cc2ccc(C(F)(F)F)cc2)cc([C@H]2CCCN2Cc2cnn(C)c2C)n1. The van der Waals surface area contributed by atoms with E-state index in [2.05, 4.69) is 23.0 Å². The van der Waals surface area contributed by atoms with Gasteiger partial charge in [-0.15, -0.1) is 0 Å². The normalized spacial score (nSPS) is 17.4. The van der Waals surface area contributed by atoms with Crippen molar-refractivity contribution in [1.82, 2.24) is 19.7 Å². The molecule has 1 atom stereocenters. The predicted molar refractivity (Wildman–Crippen MR) is 114 cm³/mol. The molecule has 4 rings (SSSR count). The highest BCUT2D eigenvalue weighted by Crippen LogP contribution is 2.34. The first-order chi connectivity index (χ1) is 14.7. The molecule has 2 aromatic heterocycles. The van der Waals surface area contributed by atoms with Crippen LogP contribution in [0.2, 0.25) is 0 Å². The maximum absolute atomic E-state index is 12.8. The minimum atomic E-state index is -4.31. The number of aryl methyl sites for hydroxylation is 2. The molecule has 0 radical (unpaired) electrons. The van der Waals surface area contributed by atoms with Gasteiger partial charge in [-0.1, -0.05) is 12.1 Å². The Hall–Kier alpha value is -2.67. The minimum Gasteiger partial charge on any atom is -0.290 e. The molecule has 1 saturated heterocycles. The Morgan fingerprint density at radius 2 is 1.81 bits per heavy atom. The van der Waals surface area contributed by atoms with E-state index < -0.39 is 11.7 Å². The molecule has 0 aliphatic carbocycles. The third-order valence-corrected chi connectivity index (χ3v) is 6.14. The Morgan fingerprint density at radius 3 is 2.45 bits per heavy atom. The van der Waals surface area contributed by atoms with Gasteiger partial charge < -0.3 is 0 Å². The second-order valence-electron chi connectivity index (χ2n) is 8.42. The molecule has 1 aromatic carbocycles. The van der Waals surface area contributed by atoms with Gasteiger partial charge in [0.05, 0.1) is 23.5 Å². The van der Waals surface area contributed by atoms with Crippen LogP contribution < -0.4 is 0 Å². The van der Waals surface area contributed by atoms with Crippen LogP contribution in [0.25, 0.3) is 0 Å². The maximum Gasteiger partial charge on any atom is 0.416 e. The highest BCUT2D eigenvalue weighted by molar-refractivity contribution is 5.32. The van der Waals surface area contributed by atoms with Gasteiger partial charge >= 0.3 is 6.18 Å². The van der Waals surface area contributed by atoms with Gasteiger partial charge in [-0.3, -0.25) is 14.6 Å². The highest BCUT2D eigenvalue weighted by atomic mass is 19.4. The van der Waals surface area contributed by atoms with E-state index in [1.54, 1.807) is 12.1 Å². The van der Waals surface area contributed by atoms with Crippen molar-refractivity contribution >= 4 is 0 Å². The number of aromatic nitrogens is 3. The van der Waals surface area contributed by atoms with Gasteiger partial charge in [0, 0.05) is 30.5 Å². The van der Waals surface area contributed by atoms with E-state index in [0.717, 1.165) is 60.6 Å². The van der Waals surface area contributed by atoms with E-state index in [1.807, 2.05) is 30.9 Å². The van der Waals surface area contributed by atoms with Crippen LogP contribution in [0, 0.1) is 13.8 Å². The minimum absolute atomic E-state index is 0.242. The summed E-state index contributed by atoms with van der Waals surface area (Å²) in [5.74, 6) is 0. The average molecular weight is 429 g/mol. The largest absolute Gasteiger partial charge is 0.416 e. The number of pyridine rings is 1. The van der Waals surface area contributed by atoms with Crippen LogP contribution in [0.5, 0.6) is 0 Å². The quantitative estimate of drug-likeness (QED) is 0.547. The molecule has 0 N–H and O–H groups in total. The molecule has 0 unspecified atom stereocenters. The fraction of sp³-hybridized carbons (Fsp3) is 0.417. The lowest BCUT2D eigenvalue weighted by Gasteiger charge is -2.24. The molecular weight excluding hydrogens is 401 g/mol. The summed E-state index contributed by atoms with van der Waals surface area (Å²) in [6.45, 7) is 5.92. The maximum atomic E-state index is 12.8. The number of rotatable bonds is 5. The summed E-state index contributed by atoms with van der Waals surface area (Å²) in [6, 6.07) is 9.80. The van der Waals surface area contributed by atoms with Crippen LogP contribution >= 0.6 is 0 Å². The number of halogens is 3. The Bertz CT molecular complexity index is 1050. The predicted octanol–water partition coefficient (Wildman–Crippen LogP) is 5.38. The number of hydrogen-bond acceptors (Lipinski definition) is 3. The number of hydrogen-bond donors (Lipinski definition) is 0. The Morgan fingerprint density at radius 1 is 1.06 bits per heavy atom. The van der Waals surface area contributed by atoms with Crippen molar-refractivity contribution in [2.24, 2.45) is 7.05 Å². The summed E-state index contributed by atoms with van der Waals surface area (Å²) in [6.07, 6.45) is 0.383. The van der Waals surface area contributed by atoms with E-state index in [1.165, 1.54) is 11.3 Å². The molecule has 164 valence electrons. The zero-order valence-electron chi connectivity index (χ0n) is 18.1. The molecule has 1 aliphatic heterocycles. The first-order valence-electron chi connectivity index (χ1n) is 10.6. The molecule has 0 saturated carbocycles. The van der Waals surface area contributed by atoms with Crippen molar-refractivity contribution < 1.29 is 13.2 Å². The van der Waals surface area contributed by atoms with Crippen LogP contribution in [0.1, 0.15) is 58.2 Å². The second kappa shape index (κ2) is 8.46. The fourth-order valence-corrected chi connectivity index (χ4v) is 4.36. The zero-order chi connectivity index (χ0) is 22.2. The lowest BCUT2D eigenvalue weighted by Crippen LogP contribution is -2.24. The monoisotopic (exact) mass is 428 g/mol. The number of alkyl halides is 3. The Kier molecular flexibility index (Phi) is 5.88. The number of benzene rings is 1. The molecule has 0 bridgehead atoms. The lowest BCUT2D eigenvalue weighted by atomic mass is 10.0. The average Bonchev–Trinajstić information content (AvgIpc) is 3.29. The van der Waals surface area contributed by atoms with Crippen molar-refractivity contribution in [2.45, 2.75) is 51.9 Å². The van der Waals surface area contributed by atoms with Crippen molar-refractivity contribution in [3.05, 3.63) is 81.9 Å². The van der Waals surface area contributed by atoms with E-state index in [9.17, 15) is 13.2 Å². The first-order valence-corrected chi connectivity index (χ1v) is 10.6. The van der Waals surface area contributed by atoms with Gasteiger partial charge in [0.2, 0.25) is 0 Å². The molecule has 31 heavy (non-hydrogen) atoms. The van der Waals surface area contributed by atoms with Crippen LogP contribution in [0.4, 0.5) is 13.2 Å². The van der Waals surface area contributed by atoms with E-state index in [4.69, 9.17) is 4.98 Å². The van der Waals surface area contributed by atoms with E-state index in [-0.39, 0.29) is 6.04 Å². The zero-order valence-corrected chi connectivity index (χ0v) is 18.1. The number of likely N-dealkylation sites (tertiary alicyclic amines) is 1. The van der Waals surface area contributed by atoms with Crippen molar-refractivity contribution in [3.63, 3.8) is 0 Å². The first kappa shape index (κ1) is 21.6. The molecule has 3 heterocycles. The summed E-state index contributed by atoms with van der Waals surface area (Å²) in [7, 11) is 1.95. The summed E-state index contributed by atoms with van der Waals surface area (Å²) >= 11 is 0.